The molecule has 0 aliphatic rings. The minimum atomic E-state index is 0.745. The average molecular weight is 228 g/mol. The van der Waals surface area contributed by atoms with E-state index in [9.17, 15) is 0 Å². The first kappa shape index (κ1) is 9.26. The molecular weight excluding hydrogens is 218 g/mol. The fraction of sp³-hybridized carbons (Fsp3) is 0.222. The van der Waals surface area contributed by atoms with Gasteiger partial charge in [0.15, 0.2) is 0 Å². The summed E-state index contributed by atoms with van der Waals surface area (Å²) in [7, 11) is 1.64. The van der Waals surface area contributed by atoms with Crippen LogP contribution < -0.4 is 4.74 Å². The van der Waals surface area contributed by atoms with E-state index in [4.69, 9.17) is 10.1 Å². The van der Waals surface area contributed by atoms with Gasteiger partial charge >= 0.3 is 0 Å². The maximum atomic E-state index is 7.13. The Balaban J connectivity index is 3.10. The Morgan fingerprint density at radius 2 is 2.33 bits per heavy atom. The lowest BCUT2D eigenvalue weighted by molar-refractivity contribution is 0.414. The number of nitrogens with one attached hydrogen (secondary N) is 1. The summed E-state index contributed by atoms with van der Waals surface area (Å²) in [5, 5.41) is 7.87. The van der Waals surface area contributed by atoms with Crippen LogP contribution in [-0.2, 0) is 5.33 Å². The van der Waals surface area contributed by atoms with Gasteiger partial charge in [0, 0.05) is 11.5 Å². The van der Waals surface area contributed by atoms with E-state index in [0.717, 1.165) is 22.2 Å². The summed E-state index contributed by atoms with van der Waals surface area (Å²) in [5.41, 5.74) is 2.00. The van der Waals surface area contributed by atoms with Crippen LogP contribution in [-0.4, -0.2) is 13.3 Å². The zero-order valence-electron chi connectivity index (χ0n) is 6.80. The Kier molecular flexibility index (Phi) is 3.29. The molecule has 2 nitrogen and oxygen atoms in total. The number of ether oxygens (including phenoxy) is 1. The third kappa shape index (κ3) is 1.85. The highest BCUT2D eigenvalue weighted by molar-refractivity contribution is 9.08. The number of hydrogen-bond donors (Lipinski definition) is 1. The van der Waals surface area contributed by atoms with Crippen molar-refractivity contribution in [1.82, 2.24) is 0 Å². The van der Waals surface area contributed by atoms with Gasteiger partial charge in [0.2, 0.25) is 0 Å². The molecule has 0 saturated heterocycles. The van der Waals surface area contributed by atoms with E-state index in [1.54, 1.807) is 7.11 Å². The van der Waals surface area contributed by atoms with E-state index < -0.39 is 0 Å². The first-order chi connectivity index (χ1) is 5.81. The smallest absolute Gasteiger partial charge is 0.119 e. The maximum absolute atomic E-state index is 7.13. The molecule has 0 fully saturated rings. The summed E-state index contributed by atoms with van der Waals surface area (Å²) in [6.45, 7) is 0. The van der Waals surface area contributed by atoms with E-state index >= 15 is 0 Å². The first-order valence-corrected chi connectivity index (χ1v) is 4.67. The van der Waals surface area contributed by atoms with Crippen LogP contribution in [0.25, 0.3) is 0 Å². The first-order valence-electron chi connectivity index (χ1n) is 3.55. The van der Waals surface area contributed by atoms with E-state index in [-0.39, 0.29) is 0 Å². The van der Waals surface area contributed by atoms with Crippen molar-refractivity contribution in [2.75, 3.05) is 7.11 Å². The molecule has 0 bridgehead atoms. The van der Waals surface area contributed by atoms with Crippen molar-refractivity contribution < 1.29 is 4.74 Å². The number of rotatable bonds is 3. The molecule has 1 rings (SSSR count). The van der Waals surface area contributed by atoms with Crippen LogP contribution >= 0.6 is 15.9 Å². The lowest BCUT2D eigenvalue weighted by atomic mass is 10.1. The predicted molar refractivity (Wildman–Crippen MR) is 53.5 cm³/mol. The molecule has 3 heteroatoms. The Bertz CT molecular complexity index is 286. The minimum absolute atomic E-state index is 0.745. The molecule has 0 atom stereocenters. The van der Waals surface area contributed by atoms with Crippen molar-refractivity contribution in [2.24, 2.45) is 0 Å². The van der Waals surface area contributed by atoms with Gasteiger partial charge in [0.05, 0.1) is 7.11 Å². The van der Waals surface area contributed by atoms with E-state index in [1.807, 2.05) is 18.2 Å². The highest BCUT2D eigenvalue weighted by Gasteiger charge is 1.99. The minimum Gasteiger partial charge on any atom is -0.497 e. The second-order valence-electron chi connectivity index (χ2n) is 2.34. The predicted octanol–water partition coefficient (Wildman–Crippen LogP) is 2.59. The summed E-state index contributed by atoms with van der Waals surface area (Å²) >= 11 is 3.35. The summed E-state index contributed by atoms with van der Waals surface area (Å²) in [6, 6.07) is 5.66. The fourth-order valence-corrected chi connectivity index (χ4v) is 1.45. The maximum Gasteiger partial charge on any atom is 0.119 e. The average Bonchev–Trinajstić information content (AvgIpc) is 2.16. The van der Waals surface area contributed by atoms with Crippen molar-refractivity contribution in [3.63, 3.8) is 0 Å². The summed E-state index contributed by atoms with van der Waals surface area (Å²) < 4.78 is 5.06. The van der Waals surface area contributed by atoms with Gasteiger partial charge in [-0.25, -0.2) is 0 Å². The van der Waals surface area contributed by atoms with E-state index in [2.05, 4.69) is 15.9 Å². The van der Waals surface area contributed by atoms with Crippen molar-refractivity contribution in [3.05, 3.63) is 29.3 Å². The third-order valence-electron chi connectivity index (χ3n) is 1.65. The van der Waals surface area contributed by atoms with Crippen LogP contribution in [0.4, 0.5) is 0 Å². The van der Waals surface area contributed by atoms with Gasteiger partial charge in [0.1, 0.15) is 5.75 Å². The molecule has 0 amide bonds. The van der Waals surface area contributed by atoms with Gasteiger partial charge in [0.25, 0.3) is 0 Å². The SMILES string of the molecule is COc1ccc(C=N)c(CBr)c1. The standard InChI is InChI=1S/C9H10BrNO/c1-12-9-3-2-7(6-11)8(4-9)5-10/h2-4,6,11H,5H2,1H3. The van der Waals surface area contributed by atoms with Crippen LogP contribution in [0.2, 0.25) is 0 Å². The van der Waals surface area contributed by atoms with Gasteiger partial charge in [-0.2, -0.15) is 0 Å². The molecule has 1 aromatic rings. The lowest BCUT2D eigenvalue weighted by Crippen LogP contribution is -1.91. The number of hydrogen-bond acceptors (Lipinski definition) is 2. The van der Waals surface area contributed by atoms with Gasteiger partial charge in [-0.3, -0.25) is 0 Å². The van der Waals surface area contributed by atoms with Crippen LogP contribution in [0.15, 0.2) is 18.2 Å². The van der Waals surface area contributed by atoms with Gasteiger partial charge in [-0.15, -0.1) is 0 Å². The monoisotopic (exact) mass is 227 g/mol. The highest BCUT2D eigenvalue weighted by atomic mass is 79.9. The van der Waals surface area contributed by atoms with E-state index in [1.165, 1.54) is 6.21 Å². The lowest BCUT2D eigenvalue weighted by Gasteiger charge is -2.04. The Labute approximate surface area is 80.2 Å². The molecule has 12 heavy (non-hydrogen) atoms. The number of methoxy groups -OCH3 is 1. The molecule has 64 valence electrons. The molecule has 0 radical (unpaired) electrons. The van der Waals surface area contributed by atoms with E-state index in [0.29, 0.717) is 0 Å². The molecule has 1 N–H and O–H groups in total. The normalized spacial score (nSPS) is 9.50. The van der Waals surface area contributed by atoms with Crippen molar-refractivity contribution in [1.29, 1.82) is 5.41 Å². The summed E-state index contributed by atoms with van der Waals surface area (Å²) in [6.07, 6.45) is 1.34. The number of halogens is 1. The molecule has 0 aromatic heterocycles. The topological polar surface area (TPSA) is 33.1 Å². The third-order valence-corrected chi connectivity index (χ3v) is 2.25. The number of alkyl halides is 1. The quantitative estimate of drug-likeness (QED) is 0.625. The van der Waals surface area contributed by atoms with Crippen molar-refractivity contribution in [3.8, 4) is 5.75 Å². The molecule has 0 spiro atoms. The Morgan fingerprint density at radius 1 is 1.58 bits per heavy atom. The number of benzene rings is 1. The molecule has 0 aliphatic heterocycles. The van der Waals surface area contributed by atoms with Gasteiger partial charge in [-0.05, 0) is 29.3 Å². The molecule has 0 aliphatic carbocycles. The molecule has 0 saturated carbocycles. The zero-order chi connectivity index (χ0) is 8.97. The summed E-state index contributed by atoms with van der Waals surface area (Å²) in [4.78, 5) is 0. The van der Waals surface area contributed by atoms with Crippen molar-refractivity contribution >= 4 is 22.1 Å². The van der Waals surface area contributed by atoms with Gasteiger partial charge in [-0.1, -0.05) is 15.9 Å². The largest absolute Gasteiger partial charge is 0.497 e. The van der Waals surface area contributed by atoms with Crippen LogP contribution in [0.1, 0.15) is 11.1 Å². The molecule has 0 unspecified atom stereocenters. The van der Waals surface area contributed by atoms with Crippen LogP contribution in [0, 0.1) is 5.41 Å². The fourth-order valence-electron chi connectivity index (χ4n) is 0.966. The zero-order valence-corrected chi connectivity index (χ0v) is 8.39. The molecular formula is C9H10BrNO. The Hall–Kier alpha value is -0.830. The van der Waals surface area contributed by atoms with Crippen molar-refractivity contribution in [2.45, 2.75) is 5.33 Å². The Morgan fingerprint density at radius 3 is 2.83 bits per heavy atom. The second-order valence-corrected chi connectivity index (χ2v) is 2.90. The van der Waals surface area contributed by atoms with Crippen LogP contribution in [0.3, 0.4) is 0 Å². The van der Waals surface area contributed by atoms with Crippen LogP contribution in [0.5, 0.6) is 5.75 Å². The molecule has 0 heterocycles. The molecule has 1 aromatic carbocycles. The summed E-state index contributed by atoms with van der Waals surface area (Å²) in [5.74, 6) is 0.829. The second kappa shape index (κ2) is 4.26. The van der Waals surface area contributed by atoms with Gasteiger partial charge < -0.3 is 10.1 Å². The highest BCUT2D eigenvalue weighted by Crippen LogP contribution is 2.18.